The molecule has 1 heterocycles. The zero-order valence-corrected chi connectivity index (χ0v) is 11.6. The van der Waals surface area contributed by atoms with Gasteiger partial charge in [-0.25, -0.2) is 4.98 Å². The smallest absolute Gasteiger partial charge is 0.274 e. The van der Waals surface area contributed by atoms with Crippen LogP contribution in [0, 0.1) is 0 Å². The van der Waals surface area contributed by atoms with Crippen molar-refractivity contribution in [3.63, 3.8) is 0 Å². The molecular formula is C13H15N3O2S. The van der Waals surface area contributed by atoms with Crippen molar-refractivity contribution in [2.24, 2.45) is 0 Å². The second-order valence-electron chi connectivity index (χ2n) is 3.71. The summed E-state index contributed by atoms with van der Waals surface area (Å²) in [6.45, 7) is 2.42. The van der Waals surface area contributed by atoms with E-state index in [0.29, 0.717) is 22.4 Å². The van der Waals surface area contributed by atoms with E-state index in [1.807, 2.05) is 37.3 Å². The van der Waals surface area contributed by atoms with Gasteiger partial charge in [0.1, 0.15) is 0 Å². The summed E-state index contributed by atoms with van der Waals surface area (Å²) in [6, 6.07) is 9.66. The highest BCUT2D eigenvalue weighted by atomic mass is 32.1. The molecule has 0 unspecified atom stereocenters. The molecule has 2 aromatic rings. The lowest BCUT2D eigenvalue weighted by Gasteiger charge is -2.00. The zero-order chi connectivity index (χ0) is 13.7. The third-order valence-corrected chi connectivity index (χ3v) is 3.29. The Morgan fingerprint density at radius 2 is 2.11 bits per heavy atom. The first-order chi connectivity index (χ1) is 9.24. The fourth-order valence-electron chi connectivity index (χ4n) is 1.53. The van der Waals surface area contributed by atoms with Crippen LogP contribution in [0.2, 0.25) is 0 Å². The lowest BCUT2D eigenvalue weighted by molar-refractivity contribution is 0.0949. The highest BCUT2D eigenvalue weighted by Gasteiger charge is 2.18. The van der Waals surface area contributed by atoms with Gasteiger partial charge in [0.25, 0.3) is 5.91 Å². The number of carbonyl (C=O) groups is 1. The summed E-state index contributed by atoms with van der Waals surface area (Å²) in [5, 5.41) is 6.99. The van der Waals surface area contributed by atoms with Crippen LogP contribution in [0.1, 0.15) is 17.4 Å². The van der Waals surface area contributed by atoms with Crippen molar-refractivity contribution in [1.82, 2.24) is 10.3 Å². The van der Waals surface area contributed by atoms with E-state index in [1.165, 1.54) is 18.4 Å². The average Bonchev–Trinajstić information content (AvgIpc) is 2.83. The molecule has 0 bridgehead atoms. The van der Waals surface area contributed by atoms with E-state index < -0.39 is 0 Å². The van der Waals surface area contributed by atoms with Crippen LogP contribution in [0.3, 0.4) is 0 Å². The van der Waals surface area contributed by atoms with Crippen molar-refractivity contribution in [3.05, 3.63) is 36.0 Å². The van der Waals surface area contributed by atoms with Crippen LogP contribution >= 0.6 is 11.3 Å². The van der Waals surface area contributed by atoms with Gasteiger partial charge in [-0.2, -0.15) is 0 Å². The molecule has 0 spiro atoms. The number of nitrogens with zero attached hydrogens (tertiary/aromatic N) is 1. The number of nitrogens with one attached hydrogen (secondary N) is 2. The Hall–Kier alpha value is -2.08. The van der Waals surface area contributed by atoms with Gasteiger partial charge in [-0.1, -0.05) is 29.5 Å². The first-order valence-electron chi connectivity index (χ1n) is 5.89. The molecule has 0 fully saturated rings. The summed E-state index contributed by atoms with van der Waals surface area (Å²) in [4.78, 5) is 16.1. The van der Waals surface area contributed by atoms with Crippen LogP contribution < -0.4 is 15.4 Å². The predicted octanol–water partition coefficient (Wildman–Crippen LogP) is 2.65. The third-order valence-electron chi connectivity index (χ3n) is 2.36. The Kier molecular flexibility index (Phi) is 4.35. The average molecular weight is 277 g/mol. The monoisotopic (exact) mass is 277 g/mol. The maximum absolute atomic E-state index is 11.8. The summed E-state index contributed by atoms with van der Waals surface area (Å²) in [7, 11) is 1.53. The minimum Gasteiger partial charge on any atom is -0.485 e. The highest BCUT2D eigenvalue weighted by Crippen LogP contribution is 2.32. The van der Waals surface area contributed by atoms with Crippen LogP contribution in [-0.2, 0) is 0 Å². The second kappa shape index (κ2) is 6.19. The number of hydrogen-bond acceptors (Lipinski definition) is 5. The van der Waals surface area contributed by atoms with Gasteiger partial charge in [-0.15, -0.1) is 0 Å². The van der Waals surface area contributed by atoms with Crippen LogP contribution in [0.4, 0.5) is 10.8 Å². The molecule has 19 heavy (non-hydrogen) atoms. The SMILES string of the molecule is CCNC(=O)c1nc(Nc2ccccc2)sc1OC. The standard InChI is InChI=1S/C13H15N3O2S/c1-3-14-11(17)10-12(18-2)19-13(16-10)15-9-7-5-4-6-8-9/h4-8H,3H2,1-2H3,(H,14,17)(H,15,16). The Balaban J connectivity index is 2.21. The molecule has 0 aliphatic carbocycles. The van der Waals surface area contributed by atoms with Crippen molar-refractivity contribution >= 4 is 28.1 Å². The molecular weight excluding hydrogens is 262 g/mol. The number of aromatic nitrogens is 1. The number of anilines is 2. The topological polar surface area (TPSA) is 63.2 Å². The molecule has 6 heteroatoms. The fraction of sp³-hybridized carbons (Fsp3) is 0.231. The van der Waals surface area contributed by atoms with Gasteiger partial charge in [0.15, 0.2) is 10.8 Å². The quantitative estimate of drug-likeness (QED) is 0.882. The molecule has 0 radical (unpaired) electrons. The van der Waals surface area contributed by atoms with E-state index in [-0.39, 0.29) is 5.91 Å². The van der Waals surface area contributed by atoms with Gasteiger partial charge in [-0.05, 0) is 19.1 Å². The molecule has 1 amide bonds. The molecule has 0 saturated heterocycles. The number of methoxy groups -OCH3 is 1. The molecule has 1 aromatic carbocycles. The number of benzene rings is 1. The van der Waals surface area contributed by atoms with Crippen molar-refractivity contribution in [1.29, 1.82) is 0 Å². The van der Waals surface area contributed by atoms with Crippen LogP contribution in [0.5, 0.6) is 5.06 Å². The normalized spacial score (nSPS) is 10.0. The van der Waals surface area contributed by atoms with E-state index in [4.69, 9.17) is 4.74 Å². The van der Waals surface area contributed by atoms with Gasteiger partial charge in [-0.3, -0.25) is 4.79 Å². The Bertz CT molecular complexity index is 554. The van der Waals surface area contributed by atoms with E-state index in [9.17, 15) is 4.79 Å². The van der Waals surface area contributed by atoms with Gasteiger partial charge >= 0.3 is 0 Å². The van der Waals surface area contributed by atoms with Gasteiger partial charge in [0.2, 0.25) is 5.06 Å². The number of rotatable bonds is 5. The zero-order valence-electron chi connectivity index (χ0n) is 10.8. The molecule has 5 nitrogen and oxygen atoms in total. The largest absolute Gasteiger partial charge is 0.485 e. The Morgan fingerprint density at radius 3 is 2.74 bits per heavy atom. The van der Waals surface area contributed by atoms with Crippen LogP contribution in [-0.4, -0.2) is 24.5 Å². The fourth-order valence-corrected chi connectivity index (χ4v) is 2.33. The van der Waals surface area contributed by atoms with Gasteiger partial charge in [0, 0.05) is 12.2 Å². The van der Waals surface area contributed by atoms with Crippen molar-refractivity contribution in [2.75, 3.05) is 19.0 Å². The maximum atomic E-state index is 11.8. The first kappa shape index (κ1) is 13.4. The molecule has 0 aliphatic heterocycles. The van der Waals surface area contributed by atoms with Crippen molar-refractivity contribution < 1.29 is 9.53 Å². The summed E-state index contributed by atoms with van der Waals surface area (Å²) >= 11 is 1.30. The molecule has 100 valence electrons. The van der Waals surface area contributed by atoms with Crippen LogP contribution in [0.15, 0.2) is 30.3 Å². The molecule has 1 aromatic heterocycles. The van der Waals surface area contributed by atoms with E-state index in [1.54, 1.807) is 0 Å². The molecule has 2 rings (SSSR count). The molecule has 0 atom stereocenters. The number of carbonyl (C=O) groups excluding carboxylic acids is 1. The number of hydrogen-bond donors (Lipinski definition) is 2. The second-order valence-corrected chi connectivity index (χ2v) is 4.67. The summed E-state index contributed by atoms with van der Waals surface area (Å²) < 4.78 is 5.19. The first-order valence-corrected chi connectivity index (χ1v) is 6.71. The third kappa shape index (κ3) is 3.23. The predicted molar refractivity (Wildman–Crippen MR) is 76.4 cm³/mol. The highest BCUT2D eigenvalue weighted by molar-refractivity contribution is 7.17. The maximum Gasteiger partial charge on any atom is 0.274 e. The molecule has 0 aliphatic rings. The number of thiazole rings is 1. The van der Waals surface area contributed by atoms with E-state index >= 15 is 0 Å². The number of ether oxygens (including phenoxy) is 1. The lowest BCUT2D eigenvalue weighted by Crippen LogP contribution is -2.23. The van der Waals surface area contributed by atoms with E-state index in [0.717, 1.165) is 5.69 Å². The Labute approximate surface area is 115 Å². The van der Waals surface area contributed by atoms with Gasteiger partial charge < -0.3 is 15.4 Å². The van der Waals surface area contributed by atoms with Crippen LogP contribution in [0.25, 0.3) is 0 Å². The van der Waals surface area contributed by atoms with Crippen molar-refractivity contribution in [3.8, 4) is 5.06 Å². The van der Waals surface area contributed by atoms with Gasteiger partial charge in [0.05, 0.1) is 7.11 Å². The minimum atomic E-state index is -0.225. The summed E-state index contributed by atoms with van der Waals surface area (Å²) in [5.74, 6) is -0.225. The minimum absolute atomic E-state index is 0.225. The molecule has 0 saturated carbocycles. The van der Waals surface area contributed by atoms with E-state index in [2.05, 4.69) is 15.6 Å². The lowest BCUT2D eigenvalue weighted by atomic mass is 10.3. The molecule has 2 N–H and O–H groups in total. The van der Waals surface area contributed by atoms with Crippen molar-refractivity contribution in [2.45, 2.75) is 6.92 Å². The summed E-state index contributed by atoms with van der Waals surface area (Å²) in [6.07, 6.45) is 0. The Morgan fingerprint density at radius 1 is 1.37 bits per heavy atom. The number of amides is 1. The summed E-state index contributed by atoms with van der Waals surface area (Å²) in [5.41, 5.74) is 1.23. The number of para-hydroxylation sites is 1.